The third-order valence-electron chi connectivity index (χ3n) is 4.13. The number of halogens is 1. The van der Waals surface area contributed by atoms with Crippen molar-refractivity contribution in [3.05, 3.63) is 10.0 Å². The quantitative estimate of drug-likeness (QED) is 0.853. The van der Waals surface area contributed by atoms with Crippen LogP contribution >= 0.6 is 23.1 Å². The highest BCUT2D eigenvalue weighted by Crippen LogP contribution is 2.25. The minimum absolute atomic E-state index is 0.744. The van der Waals surface area contributed by atoms with Gasteiger partial charge in [0.1, 0.15) is 10.0 Å². The maximum absolute atomic E-state index is 6.05. The summed E-state index contributed by atoms with van der Waals surface area (Å²) < 4.78 is 4.63. The van der Waals surface area contributed by atoms with Crippen LogP contribution in [0.15, 0.2) is 0 Å². The predicted octanol–water partition coefficient (Wildman–Crippen LogP) is 2.25. The minimum atomic E-state index is 0.744. The van der Waals surface area contributed by atoms with Crippen LogP contribution in [0, 0.1) is 0 Å². The van der Waals surface area contributed by atoms with E-state index in [4.69, 9.17) is 11.6 Å². The van der Waals surface area contributed by atoms with Gasteiger partial charge in [0.25, 0.3) is 0 Å². The summed E-state index contributed by atoms with van der Waals surface area (Å²) in [5.74, 6) is 0. The zero-order valence-electron chi connectivity index (χ0n) is 10.5. The second kappa shape index (κ2) is 5.82. The normalized spacial score (nSPS) is 23.8. The second-order valence-electron chi connectivity index (χ2n) is 5.24. The molecule has 0 spiro atoms. The fourth-order valence-corrected chi connectivity index (χ4v) is 3.67. The molecule has 2 fully saturated rings. The van der Waals surface area contributed by atoms with Crippen LogP contribution in [0.4, 0.5) is 0 Å². The molecule has 3 rings (SSSR count). The van der Waals surface area contributed by atoms with Crippen molar-refractivity contribution < 1.29 is 0 Å². The molecule has 1 aromatic rings. The Bertz CT molecular complexity index is 383. The van der Waals surface area contributed by atoms with Gasteiger partial charge >= 0.3 is 0 Å². The molecule has 1 saturated carbocycles. The van der Waals surface area contributed by atoms with Crippen LogP contribution in [0.5, 0.6) is 0 Å². The van der Waals surface area contributed by atoms with Gasteiger partial charge in [-0.1, -0.05) is 28.9 Å². The Morgan fingerprint density at radius 1 is 1.17 bits per heavy atom. The third kappa shape index (κ3) is 2.85. The molecule has 1 aromatic heterocycles. The van der Waals surface area contributed by atoms with E-state index in [-0.39, 0.29) is 0 Å². The zero-order valence-corrected chi connectivity index (χ0v) is 12.1. The maximum Gasteiger partial charge on any atom is 0.138 e. The number of hydrogen-bond acceptors (Lipinski definition) is 5. The molecule has 18 heavy (non-hydrogen) atoms. The first kappa shape index (κ1) is 12.8. The first-order valence-corrected chi connectivity index (χ1v) is 7.91. The van der Waals surface area contributed by atoms with Crippen molar-refractivity contribution in [2.24, 2.45) is 0 Å². The van der Waals surface area contributed by atoms with E-state index in [1.807, 2.05) is 0 Å². The van der Waals surface area contributed by atoms with Gasteiger partial charge in [0.05, 0.1) is 0 Å². The highest BCUT2D eigenvalue weighted by Gasteiger charge is 2.26. The molecule has 0 radical (unpaired) electrons. The highest BCUT2D eigenvalue weighted by atomic mass is 35.5. The zero-order chi connectivity index (χ0) is 12.4. The monoisotopic (exact) mass is 286 g/mol. The van der Waals surface area contributed by atoms with Crippen LogP contribution in [-0.2, 0) is 6.54 Å². The van der Waals surface area contributed by atoms with Crippen molar-refractivity contribution in [2.75, 3.05) is 26.2 Å². The van der Waals surface area contributed by atoms with Crippen LogP contribution in [0.1, 0.15) is 31.4 Å². The van der Waals surface area contributed by atoms with Gasteiger partial charge in [0.15, 0.2) is 0 Å². The molecule has 1 aliphatic carbocycles. The lowest BCUT2D eigenvalue weighted by Crippen LogP contribution is -2.49. The number of nitrogens with zero attached hydrogens (tertiary/aromatic N) is 4. The molecule has 2 heterocycles. The minimum Gasteiger partial charge on any atom is -0.298 e. The number of piperazine rings is 1. The Hall–Kier alpha value is -0.230. The smallest absolute Gasteiger partial charge is 0.138 e. The van der Waals surface area contributed by atoms with Crippen LogP contribution in [0.3, 0.4) is 0 Å². The van der Waals surface area contributed by atoms with Gasteiger partial charge < -0.3 is 0 Å². The molecule has 0 aromatic carbocycles. The summed E-state index contributed by atoms with van der Waals surface area (Å²) in [7, 11) is 0. The van der Waals surface area contributed by atoms with Gasteiger partial charge in [-0.3, -0.25) is 9.80 Å². The molecular weight excluding hydrogens is 268 g/mol. The van der Waals surface area contributed by atoms with Crippen molar-refractivity contribution in [2.45, 2.75) is 38.3 Å². The topological polar surface area (TPSA) is 32.3 Å². The molecular formula is C12H19ClN4S. The van der Waals surface area contributed by atoms with E-state index in [2.05, 4.69) is 19.4 Å². The van der Waals surface area contributed by atoms with Gasteiger partial charge in [-0.2, -0.15) is 0 Å². The molecule has 6 heteroatoms. The maximum atomic E-state index is 6.05. The number of aromatic nitrogens is 2. The summed E-state index contributed by atoms with van der Waals surface area (Å²) in [6.07, 6.45) is 5.65. The second-order valence-corrected chi connectivity index (χ2v) is 6.60. The number of hydrogen-bond donors (Lipinski definition) is 0. The summed E-state index contributed by atoms with van der Waals surface area (Å²) in [5, 5.41) is 4.09. The van der Waals surface area contributed by atoms with E-state index in [1.165, 1.54) is 50.3 Å². The Balaban J connectivity index is 1.49. The molecule has 0 unspecified atom stereocenters. The lowest BCUT2D eigenvalue weighted by atomic mass is 10.2. The predicted molar refractivity (Wildman–Crippen MR) is 74.0 cm³/mol. The van der Waals surface area contributed by atoms with E-state index in [9.17, 15) is 0 Å². The summed E-state index contributed by atoms with van der Waals surface area (Å²) >= 11 is 7.33. The summed E-state index contributed by atoms with van der Waals surface area (Å²) in [6, 6.07) is 0.858. The summed E-state index contributed by atoms with van der Waals surface area (Å²) in [5.41, 5.74) is 0.941. The van der Waals surface area contributed by atoms with E-state index in [0.717, 1.165) is 35.7 Å². The van der Waals surface area contributed by atoms with Crippen molar-refractivity contribution in [1.29, 1.82) is 0 Å². The summed E-state index contributed by atoms with van der Waals surface area (Å²) in [6.45, 7) is 5.50. The lowest BCUT2D eigenvalue weighted by molar-refractivity contribution is 0.0930. The molecule has 4 nitrogen and oxygen atoms in total. The molecule has 100 valence electrons. The largest absolute Gasteiger partial charge is 0.298 e. The third-order valence-corrected chi connectivity index (χ3v) is 5.12. The lowest BCUT2D eigenvalue weighted by Gasteiger charge is -2.37. The van der Waals surface area contributed by atoms with E-state index in [1.54, 1.807) is 0 Å². The molecule has 0 atom stereocenters. The van der Waals surface area contributed by atoms with Crippen molar-refractivity contribution in [3.8, 4) is 0 Å². The van der Waals surface area contributed by atoms with Crippen LogP contribution in [-0.4, -0.2) is 51.6 Å². The van der Waals surface area contributed by atoms with Crippen LogP contribution in [0.25, 0.3) is 0 Å². The van der Waals surface area contributed by atoms with Gasteiger partial charge in [-0.25, -0.2) is 0 Å². The first-order valence-electron chi connectivity index (χ1n) is 6.76. The van der Waals surface area contributed by atoms with Crippen molar-refractivity contribution in [3.63, 3.8) is 0 Å². The van der Waals surface area contributed by atoms with Gasteiger partial charge in [0.2, 0.25) is 0 Å². The van der Waals surface area contributed by atoms with Crippen molar-refractivity contribution >= 4 is 23.1 Å². The Morgan fingerprint density at radius 3 is 2.50 bits per heavy atom. The Morgan fingerprint density at radius 2 is 1.89 bits per heavy atom. The Labute approximate surface area is 117 Å². The van der Waals surface area contributed by atoms with E-state index < -0.39 is 0 Å². The fourth-order valence-electron chi connectivity index (χ4n) is 3.06. The molecule has 1 saturated heterocycles. The summed E-state index contributed by atoms with van der Waals surface area (Å²) in [4.78, 5) is 5.11. The molecule has 0 amide bonds. The van der Waals surface area contributed by atoms with Gasteiger partial charge in [0, 0.05) is 50.3 Å². The van der Waals surface area contributed by atoms with Gasteiger partial charge in [-0.05, 0) is 12.8 Å². The number of rotatable bonds is 3. The molecule has 0 N–H and O–H groups in total. The molecule has 2 aliphatic rings. The average Bonchev–Trinajstić information content (AvgIpc) is 3.03. The van der Waals surface area contributed by atoms with Gasteiger partial charge in [-0.15, -0.1) is 5.10 Å². The SMILES string of the molecule is Clc1snnc1CN1CCN(C2CCCC2)CC1. The Kier molecular flexibility index (Phi) is 4.13. The fraction of sp³-hybridized carbons (Fsp3) is 0.833. The first-order chi connectivity index (χ1) is 8.83. The molecule has 1 aliphatic heterocycles. The van der Waals surface area contributed by atoms with Crippen LogP contribution in [0.2, 0.25) is 4.34 Å². The highest BCUT2D eigenvalue weighted by molar-refractivity contribution is 7.10. The average molecular weight is 287 g/mol. The van der Waals surface area contributed by atoms with Crippen LogP contribution < -0.4 is 0 Å². The molecule has 0 bridgehead atoms. The van der Waals surface area contributed by atoms with Crippen molar-refractivity contribution in [1.82, 2.24) is 19.4 Å². The van der Waals surface area contributed by atoms with E-state index in [0.29, 0.717) is 0 Å². The van der Waals surface area contributed by atoms with E-state index >= 15 is 0 Å². The standard InChI is InChI=1S/C12H19ClN4S/c13-12-11(14-15-18-12)9-16-5-7-17(8-6-16)10-3-1-2-4-10/h10H,1-9H2.